The largest absolute Gasteiger partial charge is 0.310 e. The molecular weight excluding hydrogens is 243 g/mol. The highest BCUT2D eigenvalue weighted by atomic mass is 35.5. The van der Waals surface area contributed by atoms with E-state index in [1.54, 1.807) is 6.20 Å². The summed E-state index contributed by atoms with van der Waals surface area (Å²) in [6, 6.07) is 2.46. The van der Waals surface area contributed by atoms with Gasteiger partial charge in [0.05, 0.1) is 5.02 Å². The second kappa shape index (κ2) is 4.02. The lowest BCUT2D eigenvalue weighted by Gasteiger charge is -2.40. The maximum atomic E-state index is 5.97. The SMILES string of the molecule is Clc1cc(C2=C[C@@H]3NC[C@@H]3CC2)cnc1Cl. The zero-order valence-electron chi connectivity index (χ0n) is 8.71. The van der Waals surface area contributed by atoms with E-state index in [1.807, 2.05) is 6.07 Å². The molecule has 1 saturated heterocycles. The molecule has 16 heavy (non-hydrogen) atoms. The molecule has 2 aliphatic rings. The van der Waals surface area contributed by atoms with Gasteiger partial charge in [-0.1, -0.05) is 29.3 Å². The number of aromatic nitrogens is 1. The van der Waals surface area contributed by atoms with Gasteiger partial charge in [0.15, 0.2) is 0 Å². The molecule has 1 aliphatic heterocycles. The number of nitrogens with zero attached hydrogens (tertiary/aromatic N) is 1. The number of allylic oxidation sites excluding steroid dienone is 1. The van der Waals surface area contributed by atoms with E-state index in [1.165, 1.54) is 12.0 Å². The molecule has 3 rings (SSSR count). The maximum Gasteiger partial charge on any atom is 0.147 e. The minimum absolute atomic E-state index is 0.376. The van der Waals surface area contributed by atoms with Gasteiger partial charge in [-0.2, -0.15) is 0 Å². The van der Waals surface area contributed by atoms with Crippen LogP contribution in [0.4, 0.5) is 0 Å². The molecule has 2 heterocycles. The van der Waals surface area contributed by atoms with Crippen molar-refractivity contribution in [3.63, 3.8) is 0 Å². The highest BCUT2D eigenvalue weighted by molar-refractivity contribution is 6.41. The molecule has 0 aromatic carbocycles. The molecule has 0 bridgehead atoms. The van der Waals surface area contributed by atoms with Crippen LogP contribution in [0.3, 0.4) is 0 Å². The minimum atomic E-state index is 0.376. The number of rotatable bonds is 1. The van der Waals surface area contributed by atoms with Crippen LogP contribution in [0.15, 0.2) is 18.3 Å². The second-order valence-corrected chi connectivity index (χ2v) is 5.19. The van der Waals surface area contributed by atoms with Gasteiger partial charge in [-0.15, -0.1) is 0 Å². The lowest BCUT2D eigenvalue weighted by molar-refractivity contribution is 0.256. The fourth-order valence-corrected chi connectivity index (χ4v) is 2.65. The molecule has 0 saturated carbocycles. The number of hydrogen-bond donors (Lipinski definition) is 1. The first kappa shape index (κ1) is 10.6. The minimum Gasteiger partial charge on any atom is -0.310 e. The van der Waals surface area contributed by atoms with Gasteiger partial charge in [0.25, 0.3) is 0 Å². The summed E-state index contributed by atoms with van der Waals surface area (Å²) >= 11 is 11.8. The van der Waals surface area contributed by atoms with E-state index in [-0.39, 0.29) is 0 Å². The van der Waals surface area contributed by atoms with Crippen molar-refractivity contribution in [3.8, 4) is 0 Å². The summed E-state index contributed by atoms with van der Waals surface area (Å²) < 4.78 is 0. The van der Waals surface area contributed by atoms with Crippen LogP contribution in [0.5, 0.6) is 0 Å². The van der Waals surface area contributed by atoms with Gasteiger partial charge in [0, 0.05) is 18.8 Å². The molecule has 1 aromatic heterocycles. The van der Waals surface area contributed by atoms with Crippen molar-refractivity contribution in [2.24, 2.45) is 5.92 Å². The lowest BCUT2D eigenvalue weighted by Crippen LogP contribution is -2.52. The third kappa shape index (κ3) is 1.75. The lowest BCUT2D eigenvalue weighted by atomic mass is 9.79. The van der Waals surface area contributed by atoms with E-state index in [0.717, 1.165) is 24.4 Å². The summed E-state index contributed by atoms with van der Waals surface area (Å²) in [5.41, 5.74) is 2.43. The molecule has 84 valence electrons. The zero-order chi connectivity index (χ0) is 11.1. The van der Waals surface area contributed by atoms with Gasteiger partial charge in [-0.3, -0.25) is 0 Å². The van der Waals surface area contributed by atoms with Crippen molar-refractivity contribution in [1.29, 1.82) is 0 Å². The Morgan fingerprint density at radius 3 is 2.88 bits per heavy atom. The predicted octanol–water partition coefficient (Wildman–Crippen LogP) is 3.15. The average Bonchev–Trinajstić information content (AvgIpc) is 2.24. The van der Waals surface area contributed by atoms with Crippen LogP contribution in [0, 0.1) is 5.92 Å². The molecule has 2 atom stereocenters. The summed E-state index contributed by atoms with van der Waals surface area (Å²) in [4.78, 5) is 4.09. The van der Waals surface area contributed by atoms with Gasteiger partial charge >= 0.3 is 0 Å². The van der Waals surface area contributed by atoms with Gasteiger partial charge in [-0.25, -0.2) is 4.98 Å². The van der Waals surface area contributed by atoms with Crippen LogP contribution >= 0.6 is 23.2 Å². The summed E-state index contributed by atoms with van der Waals surface area (Å²) in [6.07, 6.45) is 6.48. The van der Waals surface area contributed by atoms with Crippen molar-refractivity contribution in [3.05, 3.63) is 34.1 Å². The third-order valence-electron chi connectivity index (χ3n) is 3.46. The molecule has 0 spiro atoms. The smallest absolute Gasteiger partial charge is 0.147 e. The summed E-state index contributed by atoms with van der Waals surface area (Å²) in [7, 11) is 0. The normalized spacial score (nSPS) is 28.0. The Morgan fingerprint density at radius 1 is 1.38 bits per heavy atom. The molecule has 1 fully saturated rings. The van der Waals surface area contributed by atoms with Gasteiger partial charge < -0.3 is 5.32 Å². The molecule has 1 aromatic rings. The third-order valence-corrected chi connectivity index (χ3v) is 4.14. The Hall–Kier alpha value is -0.570. The molecule has 0 unspecified atom stereocenters. The molecule has 0 amide bonds. The number of halogens is 2. The second-order valence-electron chi connectivity index (χ2n) is 4.42. The highest BCUT2D eigenvalue weighted by Gasteiger charge is 2.31. The summed E-state index contributed by atoms with van der Waals surface area (Å²) in [5, 5.41) is 4.32. The van der Waals surface area contributed by atoms with E-state index in [0.29, 0.717) is 16.2 Å². The van der Waals surface area contributed by atoms with Crippen LogP contribution < -0.4 is 5.32 Å². The average molecular weight is 255 g/mol. The number of fused-ring (bicyclic) bond motifs is 1. The summed E-state index contributed by atoms with van der Waals surface area (Å²) in [6.45, 7) is 1.16. The fourth-order valence-electron chi connectivity index (χ4n) is 2.38. The Balaban J connectivity index is 1.91. The standard InChI is InChI=1S/C12H12Cl2N2/c13-10-3-9(6-16-12(10)14)7-1-2-8-5-15-11(8)4-7/h3-4,6,8,11,15H,1-2,5H2/t8-,11-/m0/s1. The molecular formula is C12H12Cl2N2. The van der Waals surface area contributed by atoms with Gasteiger partial charge in [0.1, 0.15) is 5.15 Å². The first-order valence-corrected chi connectivity index (χ1v) is 6.25. The van der Waals surface area contributed by atoms with Crippen LogP contribution in [0.2, 0.25) is 10.2 Å². The van der Waals surface area contributed by atoms with E-state index in [9.17, 15) is 0 Å². The number of pyridine rings is 1. The predicted molar refractivity (Wildman–Crippen MR) is 66.7 cm³/mol. The molecule has 1 aliphatic carbocycles. The Morgan fingerprint density at radius 2 is 2.25 bits per heavy atom. The Kier molecular flexibility index (Phi) is 2.66. The molecule has 2 nitrogen and oxygen atoms in total. The monoisotopic (exact) mass is 254 g/mol. The molecule has 0 radical (unpaired) electrons. The number of nitrogens with one attached hydrogen (secondary N) is 1. The first-order valence-electron chi connectivity index (χ1n) is 5.49. The van der Waals surface area contributed by atoms with E-state index < -0.39 is 0 Å². The summed E-state index contributed by atoms with van der Waals surface area (Å²) in [5.74, 6) is 0.833. The van der Waals surface area contributed by atoms with E-state index in [4.69, 9.17) is 23.2 Å². The van der Waals surface area contributed by atoms with Crippen molar-refractivity contribution >= 4 is 28.8 Å². The van der Waals surface area contributed by atoms with E-state index >= 15 is 0 Å². The van der Waals surface area contributed by atoms with Gasteiger partial charge in [-0.05, 0) is 36.0 Å². The van der Waals surface area contributed by atoms with Crippen LogP contribution in [-0.2, 0) is 0 Å². The molecule has 4 heteroatoms. The van der Waals surface area contributed by atoms with Crippen LogP contribution in [0.25, 0.3) is 5.57 Å². The van der Waals surface area contributed by atoms with Crippen LogP contribution in [0.1, 0.15) is 18.4 Å². The number of hydrogen-bond acceptors (Lipinski definition) is 2. The first-order chi connectivity index (χ1) is 7.74. The van der Waals surface area contributed by atoms with Crippen molar-refractivity contribution < 1.29 is 0 Å². The van der Waals surface area contributed by atoms with Crippen molar-refractivity contribution in [2.75, 3.05) is 6.54 Å². The Bertz CT molecular complexity index is 456. The van der Waals surface area contributed by atoms with Crippen LogP contribution in [-0.4, -0.2) is 17.6 Å². The fraction of sp³-hybridized carbons (Fsp3) is 0.417. The van der Waals surface area contributed by atoms with Crippen molar-refractivity contribution in [2.45, 2.75) is 18.9 Å². The van der Waals surface area contributed by atoms with Gasteiger partial charge in [0.2, 0.25) is 0 Å². The quantitative estimate of drug-likeness (QED) is 0.780. The van der Waals surface area contributed by atoms with E-state index in [2.05, 4.69) is 16.4 Å². The zero-order valence-corrected chi connectivity index (χ0v) is 10.2. The topological polar surface area (TPSA) is 24.9 Å². The maximum absolute atomic E-state index is 5.97. The Labute approximate surface area is 105 Å². The van der Waals surface area contributed by atoms with Crippen molar-refractivity contribution in [1.82, 2.24) is 10.3 Å². The highest BCUT2D eigenvalue weighted by Crippen LogP contribution is 2.35. The molecule has 1 N–H and O–H groups in total.